The van der Waals surface area contributed by atoms with Gasteiger partial charge in [0.05, 0.1) is 5.56 Å². The lowest BCUT2D eigenvalue weighted by Gasteiger charge is -2.18. The quantitative estimate of drug-likeness (QED) is 0.830. The number of phenols is 1. The molecule has 0 fully saturated rings. The molecule has 1 unspecified atom stereocenters. The van der Waals surface area contributed by atoms with Crippen LogP contribution in [0.15, 0.2) is 18.2 Å². The molecule has 0 spiro atoms. The molecule has 17 heavy (non-hydrogen) atoms. The molecule has 2 N–H and O–H groups in total. The Labute approximate surface area is 102 Å². The lowest BCUT2D eigenvalue weighted by molar-refractivity contribution is 0.0931. The van der Waals surface area contributed by atoms with Crippen LogP contribution in [-0.2, 0) is 0 Å². The fraction of sp³-hybridized carbons (Fsp3) is 0.462. The Kier molecular flexibility index (Phi) is 4.52. The van der Waals surface area contributed by atoms with Crippen molar-refractivity contribution in [1.82, 2.24) is 10.2 Å². The Balaban J connectivity index is 2.73. The lowest BCUT2D eigenvalue weighted by Crippen LogP contribution is -2.39. The highest BCUT2D eigenvalue weighted by molar-refractivity contribution is 5.97. The number of aromatic hydroxyl groups is 1. The van der Waals surface area contributed by atoms with Crippen molar-refractivity contribution in [3.63, 3.8) is 0 Å². The first-order valence-electron chi connectivity index (χ1n) is 5.66. The number of likely N-dealkylation sites (N-methyl/N-ethyl adjacent to an activating group) is 1. The summed E-state index contributed by atoms with van der Waals surface area (Å²) in [6.45, 7) is 4.47. The number of hydrogen-bond acceptors (Lipinski definition) is 3. The largest absolute Gasteiger partial charge is 0.507 e. The number of nitrogens with one attached hydrogen (secondary N) is 1. The van der Waals surface area contributed by atoms with Crippen LogP contribution in [0, 0.1) is 6.92 Å². The molecular formula is C13H20N2O2. The van der Waals surface area contributed by atoms with Gasteiger partial charge in [-0.3, -0.25) is 4.79 Å². The number of carbonyl (C=O) groups excluding carboxylic acids is 1. The second kappa shape index (κ2) is 5.68. The summed E-state index contributed by atoms with van der Waals surface area (Å²) in [7, 11) is 3.90. The molecule has 0 bridgehead atoms. The van der Waals surface area contributed by atoms with Crippen molar-refractivity contribution >= 4 is 5.91 Å². The average Bonchev–Trinajstić information content (AvgIpc) is 2.20. The highest BCUT2D eigenvalue weighted by Crippen LogP contribution is 2.21. The first kappa shape index (κ1) is 13.5. The molecule has 0 saturated heterocycles. The maximum absolute atomic E-state index is 11.9. The second-order valence-electron chi connectivity index (χ2n) is 4.61. The van der Waals surface area contributed by atoms with Gasteiger partial charge in [0.2, 0.25) is 0 Å². The van der Waals surface area contributed by atoms with Crippen LogP contribution < -0.4 is 5.32 Å². The van der Waals surface area contributed by atoms with Gasteiger partial charge in [-0.2, -0.15) is 0 Å². The smallest absolute Gasteiger partial charge is 0.255 e. The Hall–Kier alpha value is -1.55. The molecule has 94 valence electrons. The van der Waals surface area contributed by atoms with E-state index in [1.54, 1.807) is 25.1 Å². The Morgan fingerprint density at radius 2 is 2.12 bits per heavy atom. The van der Waals surface area contributed by atoms with E-state index in [1.807, 2.05) is 25.9 Å². The third-order valence-electron chi connectivity index (χ3n) is 2.50. The maximum atomic E-state index is 11.9. The zero-order chi connectivity index (χ0) is 13.0. The minimum Gasteiger partial charge on any atom is -0.507 e. The number of aryl methyl sites for hydroxylation is 1. The molecule has 1 aromatic rings. The van der Waals surface area contributed by atoms with Crippen molar-refractivity contribution in [2.45, 2.75) is 19.9 Å². The SMILES string of the molecule is Cc1cccc(C(=O)NC(C)CN(C)C)c1O. The summed E-state index contributed by atoms with van der Waals surface area (Å²) in [6, 6.07) is 5.20. The van der Waals surface area contributed by atoms with E-state index in [2.05, 4.69) is 5.32 Å². The zero-order valence-electron chi connectivity index (χ0n) is 10.8. The molecule has 0 aliphatic carbocycles. The van der Waals surface area contributed by atoms with Gasteiger partial charge in [-0.1, -0.05) is 12.1 Å². The minimum atomic E-state index is -0.236. The van der Waals surface area contributed by atoms with Crippen LogP contribution in [0.2, 0.25) is 0 Å². The minimum absolute atomic E-state index is 0.0393. The number of amides is 1. The summed E-state index contributed by atoms with van der Waals surface area (Å²) < 4.78 is 0. The van der Waals surface area contributed by atoms with Gasteiger partial charge in [-0.25, -0.2) is 0 Å². The van der Waals surface area contributed by atoms with Crippen molar-refractivity contribution in [2.24, 2.45) is 0 Å². The van der Waals surface area contributed by atoms with Crippen LogP contribution in [0.25, 0.3) is 0 Å². The van der Waals surface area contributed by atoms with E-state index in [9.17, 15) is 9.90 Å². The maximum Gasteiger partial charge on any atom is 0.255 e. The van der Waals surface area contributed by atoms with Crippen molar-refractivity contribution in [1.29, 1.82) is 0 Å². The molecule has 0 aliphatic rings. The summed E-state index contributed by atoms with van der Waals surface area (Å²) in [5.41, 5.74) is 1.04. The van der Waals surface area contributed by atoms with Crippen LogP contribution in [0.3, 0.4) is 0 Å². The van der Waals surface area contributed by atoms with E-state index in [0.717, 1.165) is 6.54 Å². The van der Waals surface area contributed by atoms with Gasteiger partial charge in [-0.05, 0) is 39.6 Å². The zero-order valence-corrected chi connectivity index (χ0v) is 10.8. The Morgan fingerprint density at radius 1 is 1.47 bits per heavy atom. The van der Waals surface area contributed by atoms with Gasteiger partial charge in [-0.15, -0.1) is 0 Å². The van der Waals surface area contributed by atoms with E-state index in [1.165, 1.54) is 0 Å². The summed E-state index contributed by atoms with van der Waals surface area (Å²) >= 11 is 0. The van der Waals surface area contributed by atoms with Crippen LogP contribution in [0.4, 0.5) is 0 Å². The molecule has 0 aromatic heterocycles. The van der Waals surface area contributed by atoms with Crippen LogP contribution in [0.5, 0.6) is 5.75 Å². The monoisotopic (exact) mass is 236 g/mol. The van der Waals surface area contributed by atoms with E-state index in [-0.39, 0.29) is 17.7 Å². The van der Waals surface area contributed by atoms with Crippen LogP contribution in [0.1, 0.15) is 22.8 Å². The summed E-state index contributed by atoms with van der Waals surface area (Å²) in [4.78, 5) is 13.9. The Bertz CT molecular complexity index is 402. The van der Waals surface area contributed by atoms with Crippen LogP contribution in [-0.4, -0.2) is 42.6 Å². The molecule has 0 heterocycles. The number of rotatable bonds is 4. The molecule has 4 heteroatoms. The van der Waals surface area contributed by atoms with Crippen molar-refractivity contribution in [3.05, 3.63) is 29.3 Å². The number of hydrogen-bond donors (Lipinski definition) is 2. The molecule has 1 rings (SSSR count). The predicted octanol–water partition coefficient (Wildman–Crippen LogP) is 1.38. The lowest BCUT2D eigenvalue weighted by atomic mass is 10.1. The average molecular weight is 236 g/mol. The summed E-state index contributed by atoms with van der Waals surface area (Å²) in [5.74, 6) is -0.178. The van der Waals surface area contributed by atoms with Crippen molar-refractivity contribution < 1.29 is 9.90 Å². The topological polar surface area (TPSA) is 52.6 Å². The number of carbonyl (C=O) groups is 1. The van der Waals surface area contributed by atoms with Gasteiger partial charge in [0.1, 0.15) is 5.75 Å². The van der Waals surface area contributed by atoms with E-state index in [0.29, 0.717) is 11.1 Å². The first-order chi connectivity index (χ1) is 7.91. The normalized spacial score (nSPS) is 12.5. The Morgan fingerprint density at radius 3 is 2.71 bits per heavy atom. The molecule has 4 nitrogen and oxygen atoms in total. The van der Waals surface area contributed by atoms with E-state index >= 15 is 0 Å². The molecule has 0 saturated carbocycles. The molecule has 1 amide bonds. The molecule has 1 atom stereocenters. The molecule has 1 aromatic carbocycles. The first-order valence-corrected chi connectivity index (χ1v) is 5.66. The molecule has 0 aliphatic heterocycles. The van der Waals surface area contributed by atoms with E-state index < -0.39 is 0 Å². The predicted molar refractivity (Wildman–Crippen MR) is 68.3 cm³/mol. The summed E-state index contributed by atoms with van der Waals surface area (Å²) in [6.07, 6.45) is 0. The van der Waals surface area contributed by atoms with Gasteiger partial charge in [0.15, 0.2) is 0 Å². The number of phenolic OH excluding ortho intramolecular Hbond substituents is 1. The molecule has 0 radical (unpaired) electrons. The fourth-order valence-corrected chi connectivity index (χ4v) is 1.74. The van der Waals surface area contributed by atoms with Crippen molar-refractivity contribution in [2.75, 3.05) is 20.6 Å². The molecular weight excluding hydrogens is 216 g/mol. The van der Waals surface area contributed by atoms with Gasteiger partial charge < -0.3 is 15.3 Å². The van der Waals surface area contributed by atoms with Gasteiger partial charge >= 0.3 is 0 Å². The van der Waals surface area contributed by atoms with Crippen molar-refractivity contribution in [3.8, 4) is 5.75 Å². The van der Waals surface area contributed by atoms with E-state index in [4.69, 9.17) is 0 Å². The summed E-state index contributed by atoms with van der Waals surface area (Å²) in [5, 5.41) is 12.6. The third-order valence-corrected chi connectivity index (χ3v) is 2.50. The highest BCUT2D eigenvalue weighted by Gasteiger charge is 2.14. The van der Waals surface area contributed by atoms with Gasteiger partial charge in [0, 0.05) is 12.6 Å². The fourth-order valence-electron chi connectivity index (χ4n) is 1.74. The third kappa shape index (κ3) is 3.75. The highest BCUT2D eigenvalue weighted by atomic mass is 16.3. The second-order valence-corrected chi connectivity index (χ2v) is 4.61. The number of nitrogens with zero attached hydrogens (tertiary/aromatic N) is 1. The van der Waals surface area contributed by atoms with Crippen LogP contribution >= 0.6 is 0 Å². The number of para-hydroxylation sites is 1. The van der Waals surface area contributed by atoms with Gasteiger partial charge in [0.25, 0.3) is 5.91 Å². The number of benzene rings is 1. The standard InChI is InChI=1S/C13H20N2O2/c1-9-6-5-7-11(12(9)16)13(17)14-10(2)8-15(3)4/h5-7,10,16H,8H2,1-4H3,(H,14,17).